The summed E-state index contributed by atoms with van der Waals surface area (Å²) < 4.78 is 13.1. The molecular weight excluding hydrogens is 303 g/mol. The van der Waals surface area contributed by atoms with E-state index in [0.29, 0.717) is 19.4 Å². The van der Waals surface area contributed by atoms with Crippen LogP contribution in [-0.4, -0.2) is 18.0 Å². The van der Waals surface area contributed by atoms with Crippen LogP contribution in [0.4, 0.5) is 4.39 Å². The Balaban J connectivity index is 0.00000441. The number of nitrogens with two attached hydrogens (primary N) is 1. The Labute approximate surface area is 139 Å². The van der Waals surface area contributed by atoms with Crippen LogP contribution in [-0.2, 0) is 11.2 Å². The fourth-order valence-electron chi connectivity index (χ4n) is 2.57. The average Bonchev–Trinajstić information content (AvgIpc) is 2.44. The quantitative estimate of drug-likeness (QED) is 0.767. The highest BCUT2D eigenvalue weighted by molar-refractivity contribution is 5.85. The van der Waals surface area contributed by atoms with Gasteiger partial charge < -0.3 is 11.1 Å². The monoisotopic (exact) mass is 330 g/mol. The Morgan fingerprint density at radius 3 is 2.50 bits per heavy atom. The molecule has 1 aromatic carbocycles. The Bertz CT molecular complexity index is 455. The van der Waals surface area contributed by atoms with Gasteiger partial charge >= 0.3 is 0 Å². The van der Waals surface area contributed by atoms with E-state index in [-0.39, 0.29) is 35.6 Å². The third-order valence-corrected chi connectivity index (χ3v) is 4.16. The number of hydrogen-bond donors (Lipinski definition) is 2. The molecule has 1 amide bonds. The molecule has 0 saturated carbocycles. The lowest BCUT2D eigenvalue weighted by molar-refractivity contribution is -0.123. The zero-order valence-electron chi connectivity index (χ0n) is 13.7. The van der Waals surface area contributed by atoms with Gasteiger partial charge in [-0.3, -0.25) is 4.79 Å². The third kappa shape index (κ3) is 6.32. The van der Waals surface area contributed by atoms with Crippen LogP contribution in [0.25, 0.3) is 0 Å². The van der Waals surface area contributed by atoms with Gasteiger partial charge in [-0.05, 0) is 42.9 Å². The second-order valence-electron chi connectivity index (χ2n) is 5.88. The van der Waals surface area contributed by atoms with Crippen molar-refractivity contribution in [3.05, 3.63) is 35.6 Å². The van der Waals surface area contributed by atoms with Crippen LogP contribution in [0.2, 0.25) is 0 Å². The Kier molecular flexibility index (Phi) is 9.30. The van der Waals surface area contributed by atoms with Gasteiger partial charge in [0.2, 0.25) is 5.91 Å². The van der Waals surface area contributed by atoms with Crippen molar-refractivity contribution in [2.75, 3.05) is 6.54 Å². The van der Waals surface area contributed by atoms with Crippen LogP contribution < -0.4 is 11.1 Å². The van der Waals surface area contributed by atoms with Gasteiger partial charge in [0, 0.05) is 13.0 Å². The van der Waals surface area contributed by atoms with Crippen molar-refractivity contribution >= 4 is 18.3 Å². The van der Waals surface area contributed by atoms with Crippen LogP contribution >= 0.6 is 12.4 Å². The van der Waals surface area contributed by atoms with Crippen LogP contribution in [0.3, 0.4) is 0 Å². The van der Waals surface area contributed by atoms with Crippen molar-refractivity contribution in [2.24, 2.45) is 11.7 Å². The number of hydrogen-bond acceptors (Lipinski definition) is 2. The SMILES string of the molecule is CCC(CC)(CN)NC(=O)CC(C)Cc1cccc(F)c1.Cl. The normalized spacial score (nSPS) is 12.4. The second-order valence-corrected chi connectivity index (χ2v) is 5.88. The molecule has 1 unspecified atom stereocenters. The highest BCUT2D eigenvalue weighted by atomic mass is 35.5. The molecule has 0 aliphatic heterocycles. The highest BCUT2D eigenvalue weighted by Gasteiger charge is 2.26. The Morgan fingerprint density at radius 1 is 1.36 bits per heavy atom. The predicted octanol–water partition coefficient (Wildman–Crippen LogP) is 3.45. The van der Waals surface area contributed by atoms with Gasteiger partial charge in [0.05, 0.1) is 5.54 Å². The van der Waals surface area contributed by atoms with Gasteiger partial charge in [0.1, 0.15) is 5.82 Å². The average molecular weight is 331 g/mol. The lowest BCUT2D eigenvalue weighted by Gasteiger charge is -2.32. The lowest BCUT2D eigenvalue weighted by Crippen LogP contribution is -2.53. The molecule has 22 heavy (non-hydrogen) atoms. The van der Waals surface area contributed by atoms with Gasteiger partial charge in [-0.25, -0.2) is 4.39 Å². The Hall–Kier alpha value is -1.13. The first-order valence-electron chi connectivity index (χ1n) is 7.70. The molecule has 0 saturated heterocycles. The number of rotatable bonds is 8. The minimum Gasteiger partial charge on any atom is -0.349 e. The number of halogens is 2. The fraction of sp³-hybridized carbons (Fsp3) is 0.588. The summed E-state index contributed by atoms with van der Waals surface area (Å²) in [5.41, 5.74) is 6.42. The molecule has 1 atom stereocenters. The molecule has 1 rings (SSSR count). The maximum Gasteiger partial charge on any atom is 0.220 e. The molecule has 0 spiro atoms. The molecule has 126 valence electrons. The van der Waals surface area contributed by atoms with E-state index >= 15 is 0 Å². The molecule has 0 radical (unpaired) electrons. The first-order valence-corrected chi connectivity index (χ1v) is 7.70. The summed E-state index contributed by atoms with van der Waals surface area (Å²) in [6.45, 7) is 6.52. The molecule has 0 aliphatic carbocycles. The third-order valence-electron chi connectivity index (χ3n) is 4.16. The van der Waals surface area contributed by atoms with E-state index in [4.69, 9.17) is 5.73 Å². The van der Waals surface area contributed by atoms with E-state index in [1.807, 2.05) is 26.8 Å². The number of carbonyl (C=O) groups excluding carboxylic acids is 1. The summed E-state index contributed by atoms with van der Waals surface area (Å²) in [6, 6.07) is 6.54. The van der Waals surface area contributed by atoms with Crippen molar-refractivity contribution in [3.63, 3.8) is 0 Å². The van der Waals surface area contributed by atoms with Crippen molar-refractivity contribution in [1.82, 2.24) is 5.32 Å². The van der Waals surface area contributed by atoms with Gasteiger partial charge in [-0.2, -0.15) is 0 Å². The molecular formula is C17H28ClFN2O. The molecule has 0 heterocycles. The van der Waals surface area contributed by atoms with Crippen LogP contribution in [0.1, 0.15) is 45.6 Å². The van der Waals surface area contributed by atoms with Gasteiger partial charge in [-0.1, -0.05) is 32.9 Å². The summed E-state index contributed by atoms with van der Waals surface area (Å²) in [4.78, 5) is 12.2. The van der Waals surface area contributed by atoms with Crippen LogP contribution in [0, 0.1) is 11.7 Å². The molecule has 5 heteroatoms. The zero-order chi connectivity index (χ0) is 15.9. The minimum atomic E-state index is -0.296. The standard InChI is InChI=1S/C17H27FN2O.ClH/c1-4-17(5-2,12-19)20-16(21)10-13(3)9-14-7-6-8-15(18)11-14;/h6-8,11,13H,4-5,9-10,12,19H2,1-3H3,(H,20,21);1H. The van der Waals surface area contributed by atoms with Crippen molar-refractivity contribution in [1.29, 1.82) is 0 Å². The summed E-state index contributed by atoms with van der Waals surface area (Å²) in [5.74, 6) is -0.0488. The first kappa shape index (κ1) is 20.9. The molecule has 3 N–H and O–H groups in total. The minimum absolute atomic E-state index is 0. The maximum absolute atomic E-state index is 13.1. The van der Waals surface area contributed by atoms with Crippen LogP contribution in [0.5, 0.6) is 0 Å². The van der Waals surface area contributed by atoms with Gasteiger partial charge in [-0.15, -0.1) is 12.4 Å². The molecule has 1 aromatic rings. The second kappa shape index (κ2) is 9.80. The fourth-order valence-corrected chi connectivity index (χ4v) is 2.57. The largest absolute Gasteiger partial charge is 0.349 e. The Morgan fingerprint density at radius 2 is 2.00 bits per heavy atom. The number of benzene rings is 1. The predicted molar refractivity (Wildman–Crippen MR) is 91.6 cm³/mol. The van der Waals surface area contributed by atoms with Gasteiger partial charge in [0.25, 0.3) is 0 Å². The summed E-state index contributed by atoms with van der Waals surface area (Å²) in [6.07, 6.45) is 2.77. The number of nitrogens with one attached hydrogen (secondary N) is 1. The van der Waals surface area contributed by atoms with E-state index in [9.17, 15) is 9.18 Å². The topological polar surface area (TPSA) is 55.1 Å². The molecule has 0 aliphatic rings. The smallest absolute Gasteiger partial charge is 0.220 e. The summed E-state index contributed by atoms with van der Waals surface area (Å²) in [7, 11) is 0. The van der Waals surface area contributed by atoms with Crippen LogP contribution in [0.15, 0.2) is 24.3 Å². The van der Waals surface area contributed by atoms with E-state index in [1.54, 1.807) is 6.07 Å². The highest BCUT2D eigenvalue weighted by Crippen LogP contribution is 2.16. The van der Waals surface area contributed by atoms with E-state index in [1.165, 1.54) is 12.1 Å². The molecule has 0 bridgehead atoms. The number of amides is 1. The summed E-state index contributed by atoms with van der Waals surface area (Å²) in [5, 5.41) is 3.07. The maximum atomic E-state index is 13.1. The van der Waals surface area contributed by atoms with E-state index < -0.39 is 0 Å². The van der Waals surface area contributed by atoms with E-state index in [2.05, 4.69) is 5.32 Å². The van der Waals surface area contributed by atoms with E-state index in [0.717, 1.165) is 18.4 Å². The van der Waals surface area contributed by atoms with Gasteiger partial charge in [0.15, 0.2) is 0 Å². The number of carbonyl (C=O) groups is 1. The molecule has 3 nitrogen and oxygen atoms in total. The first-order chi connectivity index (χ1) is 9.94. The van der Waals surface area contributed by atoms with Crippen molar-refractivity contribution < 1.29 is 9.18 Å². The zero-order valence-corrected chi connectivity index (χ0v) is 14.5. The summed E-state index contributed by atoms with van der Waals surface area (Å²) >= 11 is 0. The lowest BCUT2D eigenvalue weighted by atomic mass is 9.91. The van der Waals surface area contributed by atoms with Crippen molar-refractivity contribution in [2.45, 2.75) is 52.0 Å². The molecule has 0 fully saturated rings. The van der Waals surface area contributed by atoms with Crippen molar-refractivity contribution in [3.8, 4) is 0 Å². The molecule has 0 aromatic heterocycles.